The Kier molecular flexibility index (Phi) is 5.21. The molecule has 0 aliphatic rings. The zero-order valence-electron chi connectivity index (χ0n) is 13.3. The second-order valence-electron chi connectivity index (χ2n) is 5.30. The molecule has 4 aromatic rings. The van der Waals surface area contributed by atoms with E-state index in [2.05, 4.69) is 10.1 Å². The average Bonchev–Trinajstić information content (AvgIpc) is 3.27. The van der Waals surface area contributed by atoms with Crippen molar-refractivity contribution in [2.45, 2.75) is 10.1 Å². The maximum atomic E-state index is 6.03. The number of halogens is 1. The fraction of sp³-hybridized carbons (Fsp3) is 0.0556. The van der Waals surface area contributed by atoms with Crippen molar-refractivity contribution in [3.63, 3.8) is 0 Å². The monoisotopic (exact) mass is 417 g/mol. The van der Waals surface area contributed by atoms with Gasteiger partial charge >= 0.3 is 0 Å². The number of oxazole rings is 1. The van der Waals surface area contributed by atoms with Gasteiger partial charge in [-0.3, -0.25) is 0 Å². The summed E-state index contributed by atoms with van der Waals surface area (Å²) < 4.78 is 9.18. The Morgan fingerprint density at radius 1 is 1.15 bits per heavy atom. The number of rotatable bonds is 5. The van der Waals surface area contributed by atoms with Crippen molar-refractivity contribution in [2.24, 2.45) is 0 Å². The number of para-hydroxylation sites is 1. The molecule has 0 N–H and O–H groups in total. The van der Waals surface area contributed by atoms with Gasteiger partial charge in [-0.15, -0.1) is 5.10 Å². The molecule has 2 heterocycles. The largest absolute Gasteiger partial charge is 0.440 e. The van der Waals surface area contributed by atoms with Gasteiger partial charge in [0, 0.05) is 10.6 Å². The quantitative estimate of drug-likeness (QED) is 0.283. The summed E-state index contributed by atoms with van der Waals surface area (Å²) in [7, 11) is 0. The van der Waals surface area contributed by atoms with Gasteiger partial charge in [0.05, 0.1) is 17.6 Å². The van der Waals surface area contributed by atoms with Gasteiger partial charge in [-0.25, -0.2) is 9.67 Å². The molecule has 0 bridgehead atoms. The van der Waals surface area contributed by atoms with Crippen molar-refractivity contribution in [1.29, 1.82) is 0 Å². The van der Waals surface area contributed by atoms with Crippen LogP contribution in [-0.4, -0.2) is 14.8 Å². The number of nitrogens with zero attached hydrogens (tertiary/aromatic N) is 3. The van der Waals surface area contributed by atoms with Crippen LogP contribution in [0.15, 0.2) is 69.6 Å². The van der Waals surface area contributed by atoms with Crippen LogP contribution >= 0.6 is 46.9 Å². The van der Waals surface area contributed by atoms with Crippen molar-refractivity contribution >= 4 is 46.9 Å². The first-order valence-electron chi connectivity index (χ1n) is 7.68. The Bertz CT molecular complexity index is 1090. The normalized spacial score (nSPS) is 11.0. The van der Waals surface area contributed by atoms with E-state index in [9.17, 15) is 0 Å². The third kappa shape index (κ3) is 3.91. The number of hydrogen-bond donors (Lipinski definition) is 0. The molecule has 0 saturated heterocycles. The van der Waals surface area contributed by atoms with E-state index in [4.69, 9.17) is 28.2 Å². The summed E-state index contributed by atoms with van der Waals surface area (Å²) in [4.78, 5) is 4.34. The molecule has 4 nitrogen and oxygen atoms in total. The summed E-state index contributed by atoms with van der Waals surface area (Å²) in [6.07, 6.45) is 1.71. The predicted octanol–water partition coefficient (Wildman–Crippen LogP) is 6.26. The second kappa shape index (κ2) is 7.75. The smallest absolute Gasteiger partial charge is 0.205 e. The van der Waals surface area contributed by atoms with Crippen LogP contribution < -0.4 is 0 Å². The van der Waals surface area contributed by atoms with Crippen LogP contribution in [0.2, 0.25) is 5.02 Å². The Balaban J connectivity index is 1.48. The molecule has 0 radical (unpaired) electrons. The summed E-state index contributed by atoms with van der Waals surface area (Å²) in [5.74, 6) is 1.92. The van der Waals surface area contributed by atoms with E-state index in [1.54, 1.807) is 22.6 Å². The number of aromatic nitrogens is 3. The van der Waals surface area contributed by atoms with Crippen LogP contribution in [-0.2, 0) is 5.75 Å². The van der Waals surface area contributed by atoms with E-state index >= 15 is 0 Å². The summed E-state index contributed by atoms with van der Waals surface area (Å²) in [6.45, 7) is 0. The van der Waals surface area contributed by atoms with Gasteiger partial charge in [0.1, 0.15) is 0 Å². The fourth-order valence-electron chi connectivity index (χ4n) is 2.33. The Morgan fingerprint density at radius 3 is 2.81 bits per heavy atom. The van der Waals surface area contributed by atoms with E-state index in [0.717, 1.165) is 15.6 Å². The average molecular weight is 418 g/mol. The fourth-order valence-corrected chi connectivity index (χ4v) is 4.73. The highest BCUT2D eigenvalue weighted by atomic mass is 35.5. The lowest BCUT2D eigenvalue weighted by molar-refractivity contribution is 0.530. The van der Waals surface area contributed by atoms with Crippen LogP contribution in [0.4, 0.5) is 0 Å². The minimum Gasteiger partial charge on any atom is -0.440 e. The van der Waals surface area contributed by atoms with Crippen molar-refractivity contribution < 1.29 is 4.42 Å². The first-order valence-corrected chi connectivity index (χ1v) is 10.3. The molecule has 0 aliphatic heterocycles. The molecule has 26 heavy (non-hydrogen) atoms. The van der Waals surface area contributed by atoms with Crippen LogP contribution in [0.1, 0.15) is 5.89 Å². The first kappa shape index (κ1) is 17.5. The standard InChI is InChI=1S/C18H12ClN3OS3/c19-13-6-4-5-12(9-13)15-10-20-16(23-15)11-25-17-21-22(18(24)26-17)14-7-2-1-3-8-14/h1-10H,11H2. The van der Waals surface area contributed by atoms with Gasteiger partial charge in [-0.05, 0) is 36.5 Å². The van der Waals surface area contributed by atoms with Crippen LogP contribution in [0.3, 0.4) is 0 Å². The van der Waals surface area contributed by atoms with E-state index in [0.29, 0.717) is 26.4 Å². The highest BCUT2D eigenvalue weighted by Gasteiger charge is 2.10. The molecule has 130 valence electrons. The molecule has 0 aliphatic carbocycles. The van der Waals surface area contributed by atoms with Crippen LogP contribution in [0.25, 0.3) is 17.0 Å². The predicted molar refractivity (Wildman–Crippen MR) is 109 cm³/mol. The van der Waals surface area contributed by atoms with Gasteiger partial charge in [-0.1, -0.05) is 65.0 Å². The Morgan fingerprint density at radius 2 is 2.00 bits per heavy atom. The highest BCUT2D eigenvalue weighted by molar-refractivity contribution is 8.00. The molecule has 0 fully saturated rings. The maximum absolute atomic E-state index is 6.03. The lowest BCUT2D eigenvalue weighted by Crippen LogP contribution is -1.95. The van der Waals surface area contributed by atoms with Gasteiger partial charge in [-0.2, -0.15) is 0 Å². The Hall–Kier alpha value is -1.93. The molecule has 4 rings (SSSR count). The SMILES string of the molecule is S=c1sc(SCc2ncc(-c3cccc(Cl)c3)o2)nn1-c1ccccc1. The molecule has 2 aromatic carbocycles. The molecule has 0 amide bonds. The van der Waals surface area contributed by atoms with Gasteiger partial charge in [0.2, 0.25) is 5.89 Å². The molecular formula is C18H12ClN3OS3. The molecule has 0 atom stereocenters. The number of hydrogen-bond acceptors (Lipinski definition) is 6. The minimum atomic E-state index is 0.581. The highest BCUT2D eigenvalue weighted by Crippen LogP contribution is 2.29. The molecule has 0 unspecified atom stereocenters. The maximum Gasteiger partial charge on any atom is 0.205 e. The lowest BCUT2D eigenvalue weighted by Gasteiger charge is -1.99. The summed E-state index contributed by atoms with van der Waals surface area (Å²) in [5, 5.41) is 5.25. The zero-order chi connectivity index (χ0) is 17.9. The number of thioether (sulfide) groups is 1. The van der Waals surface area contributed by atoms with Crippen molar-refractivity contribution in [1.82, 2.24) is 14.8 Å². The molecular weight excluding hydrogens is 406 g/mol. The van der Waals surface area contributed by atoms with Crippen molar-refractivity contribution in [2.75, 3.05) is 0 Å². The van der Waals surface area contributed by atoms with Gasteiger partial charge < -0.3 is 4.42 Å². The summed E-state index contributed by atoms with van der Waals surface area (Å²) in [6, 6.07) is 17.4. The number of benzene rings is 2. The Labute approximate surface area is 168 Å². The first-order chi connectivity index (χ1) is 12.7. The molecule has 2 aromatic heterocycles. The summed E-state index contributed by atoms with van der Waals surface area (Å²) in [5.41, 5.74) is 1.87. The third-order valence-corrected chi connectivity index (χ3v) is 6.10. The lowest BCUT2D eigenvalue weighted by atomic mass is 10.2. The van der Waals surface area contributed by atoms with Crippen molar-refractivity contribution in [3.8, 4) is 17.0 Å². The van der Waals surface area contributed by atoms with E-state index < -0.39 is 0 Å². The van der Waals surface area contributed by atoms with E-state index in [1.807, 2.05) is 54.6 Å². The topological polar surface area (TPSA) is 43.9 Å². The van der Waals surface area contributed by atoms with Crippen LogP contribution in [0, 0.1) is 3.95 Å². The van der Waals surface area contributed by atoms with E-state index in [-0.39, 0.29) is 0 Å². The van der Waals surface area contributed by atoms with E-state index in [1.165, 1.54) is 11.3 Å². The van der Waals surface area contributed by atoms with Gasteiger partial charge in [0.25, 0.3) is 0 Å². The minimum absolute atomic E-state index is 0.581. The van der Waals surface area contributed by atoms with Gasteiger partial charge in [0.15, 0.2) is 14.1 Å². The second-order valence-corrected chi connectivity index (χ2v) is 8.58. The molecule has 8 heteroatoms. The molecule has 0 spiro atoms. The van der Waals surface area contributed by atoms with Crippen molar-refractivity contribution in [3.05, 3.63) is 75.7 Å². The third-order valence-electron chi connectivity index (χ3n) is 3.51. The molecule has 0 saturated carbocycles. The van der Waals surface area contributed by atoms with Crippen LogP contribution in [0.5, 0.6) is 0 Å². The zero-order valence-corrected chi connectivity index (χ0v) is 16.5. The summed E-state index contributed by atoms with van der Waals surface area (Å²) >= 11 is 14.5.